The number of rotatable bonds is 0. The van der Waals surface area contributed by atoms with Gasteiger partial charge in [0.25, 0.3) is 0 Å². The van der Waals surface area contributed by atoms with E-state index in [0.29, 0.717) is 11.8 Å². The van der Waals surface area contributed by atoms with E-state index in [1.54, 1.807) is 0 Å². The van der Waals surface area contributed by atoms with E-state index in [0.717, 1.165) is 18.3 Å². The Hall–Kier alpha value is -0.0400. The molecular weight excluding hydrogens is 184 g/mol. The first-order valence-electron chi connectivity index (χ1n) is 6.94. The van der Waals surface area contributed by atoms with Crippen LogP contribution in [0.1, 0.15) is 58.3 Å². The average Bonchev–Trinajstić information content (AvgIpc) is 2.28. The quantitative estimate of drug-likeness (QED) is 0.647. The van der Waals surface area contributed by atoms with Gasteiger partial charge in [0.2, 0.25) is 0 Å². The van der Waals surface area contributed by atoms with Gasteiger partial charge in [-0.1, -0.05) is 32.6 Å². The highest BCUT2D eigenvalue weighted by atomic mass is 16.3. The molecule has 1 nitrogen and oxygen atoms in total. The van der Waals surface area contributed by atoms with E-state index in [1.807, 2.05) is 0 Å². The molecule has 1 heteroatoms. The Morgan fingerprint density at radius 2 is 1.93 bits per heavy atom. The van der Waals surface area contributed by atoms with Crippen molar-refractivity contribution in [2.75, 3.05) is 0 Å². The van der Waals surface area contributed by atoms with Gasteiger partial charge in [0, 0.05) is 0 Å². The average molecular weight is 208 g/mol. The summed E-state index contributed by atoms with van der Waals surface area (Å²) in [6.45, 7) is 2.41. The maximum atomic E-state index is 11.0. The number of hydrogen-bond donors (Lipinski definition) is 1. The maximum absolute atomic E-state index is 11.0. The van der Waals surface area contributed by atoms with E-state index in [2.05, 4.69) is 6.92 Å². The molecule has 0 aliphatic heterocycles. The van der Waals surface area contributed by atoms with Gasteiger partial charge >= 0.3 is 0 Å². The fraction of sp³-hybridized carbons (Fsp3) is 1.00. The number of fused-ring (bicyclic) bond motifs is 4. The molecule has 86 valence electrons. The van der Waals surface area contributed by atoms with Gasteiger partial charge in [-0.3, -0.25) is 0 Å². The largest absolute Gasteiger partial charge is 0.389 e. The van der Waals surface area contributed by atoms with Crippen LogP contribution in [-0.4, -0.2) is 10.7 Å². The Kier molecular flexibility index (Phi) is 2.35. The summed E-state index contributed by atoms with van der Waals surface area (Å²) >= 11 is 0. The van der Waals surface area contributed by atoms with Crippen LogP contribution in [0.5, 0.6) is 0 Å². The summed E-state index contributed by atoms with van der Waals surface area (Å²) in [7, 11) is 0. The number of aliphatic hydroxyl groups is 1. The molecule has 0 aromatic rings. The summed E-state index contributed by atoms with van der Waals surface area (Å²) in [5, 5.41) is 11.0. The van der Waals surface area contributed by atoms with Crippen LogP contribution in [0, 0.1) is 23.7 Å². The third-order valence-corrected chi connectivity index (χ3v) is 5.78. The van der Waals surface area contributed by atoms with Crippen molar-refractivity contribution in [3.8, 4) is 0 Å². The lowest BCUT2D eigenvalue weighted by Crippen LogP contribution is -2.56. The lowest BCUT2D eigenvalue weighted by atomic mass is 9.52. The second-order valence-corrected chi connectivity index (χ2v) is 6.33. The van der Waals surface area contributed by atoms with Crippen molar-refractivity contribution in [3.63, 3.8) is 0 Å². The van der Waals surface area contributed by atoms with E-state index in [9.17, 15) is 5.11 Å². The zero-order chi connectivity index (χ0) is 10.5. The third-order valence-electron chi connectivity index (χ3n) is 5.78. The van der Waals surface area contributed by atoms with Gasteiger partial charge in [-0.25, -0.2) is 0 Å². The lowest BCUT2D eigenvalue weighted by Gasteiger charge is -2.56. The van der Waals surface area contributed by atoms with Crippen LogP contribution in [0.2, 0.25) is 0 Å². The second-order valence-electron chi connectivity index (χ2n) is 6.33. The molecule has 3 saturated carbocycles. The third kappa shape index (κ3) is 1.39. The summed E-state index contributed by atoms with van der Waals surface area (Å²) in [6.07, 6.45) is 10.4. The SMILES string of the molecule is C[C@@H]1[C@H]2CCC[C@@H](C2)[C@]2(O)CCCC[C@H]12. The van der Waals surface area contributed by atoms with Crippen LogP contribution >= 0.6 is 0 Å². The van der Waals surface area contributed by atoms with Crippen molar-refractivity contribution in [2.24, 2.45) is 23.7 Å². The van der Waals surface area contributed by atoms with Gasteiger partial charge < -0.3 is 5.11 Å². The highest BCUT2D eigenvalue weighted by molar-refractivity contribution is 5.04. The Labute approximate surface area is 93.3 Å². The summed E-state index contributed by atoms with van der Waals surface area (Å²) in [6, 6.07) is 0. The van der Waals surface area contributed by atoms with Crippen molar-refractivity contribution in [3.05, 3.63) is 0 Å². The molecule has 1 N–H and O–H groups in total. The molecular formula is C14H24O. The summed E-state index contributed by atoms with van der Waals surface area (Å²) < 4.78 is 0. The van der Waals surface area contributed by atoms with E-state index in [4.69, 9.17) is 0 Å². The maximum Gasteiger partial charge on any atom is 0.0706 e. The van der Waals surface area contributed by atoms with Crippen molar-refractivity contribution >= 4 is 0 Å². The molecule has 3 rings (SSSR count). The lowest BCUT2D eigenvalue weighted by molar-refractivity contribution is -0.166. The molecule has 0 aromatic heterocycles. The van der Waals surface area contributed by atoms with E-state index < -0.39 is 0 Å². The van der Waals surface area contributed by atoms with Crippen LogP contribution in [0.4, 0.5) is 0 Å². The van der Waals surface area contributed by atoms with Gasteiger partial charge in [-0.2, -0.15) is 0 Å². The second kappa shape index (κ2) is 3.48. The molecule has 0 radical (unpaired) electrons. The molecule has 5 atom stereocenters. The number of hydrogen-bond acceptors (Lipinski definition) is 1. The van der Waals surface area contributed by atoms with Crippen molar-refractivity contribution in [2.45, 2.75) is 63.9 Å². The van der Waals surface area contributed by atoms with Crippen molar-refractivity contribution in [1.82, 2.24) is 0 Å². The highest BCUT2D eigenvalue weighted by Gasteiger charge is 2.53. The summed E-state index contributed by atoms with van der Waals surface area (Å²) in [5.74, 6) is 3.01. The zero-order valence-corrected chi connectivity index (χ0v) is 9.91. The van der Waals surface area contributed by atoms with Crippen LogP contribution in [0.15, 0.2) is 0 Å². The van der Waals surface area contributed by atoms with Gasteiger partial charge in [0.1, 0.15) is 0 Å². The molecule has 0 unspecified atom stereocenters. The summed E-state index contributed by atoms with van der Waals surface area (Å²) in [4.78, 5) is 0. The molecule has 0 amide bonds. The molecule has 0 aromatic carbocycles. The van der Waals surface area contributed by atoms with Crippen LogP contribution < -0.4 is 0 Å². The Balaban J connectivity index is 1.91. The van der Waals surface area contributed by atoms with Gasteiger partial charge in [-0.15, -0.1) is 0 Å². The Bertz CT molecular complexity index is 250. The van der Waals surface area contributed by atoms with Crippen molar-refractivity contribution in [1.29, 1.82) is 0 Å². The Morgan fingerprint density at radius 1 is 1.07 bits per heavy atom. The van der Waals surface area contributed by atoms with Crippen LogP contribution in [0.25, 0.3) is 0 Å². The smallest absolute Gasteiger partial charge is 0.0706 e. The minimum Gasteiger partial charge on any atom is -0.389 e. The minimum absolute atomic E-state index is 0.255. The molecule has 3 aliphatic carbocycles. The monoisotopic (exact) mass is 208 g/mol. The predicted molar refractivity (Wildman–Crippen MR) is 61.5 cm³/mol. The topological polar surface area (TPSA) is 20.2 Å². The predicted octanol–water partition coefficient (Wildman–Crippen LogP) is 3.36. The zero-order valence-electron chi connectivity index (χ0n) is 9.91. The van der Waals surface area contributed by atoms with Gasteiger partial charge in [-0.05, 0) is 49.4 Å². The van der Waals surface area contributed by atoms with Gasteiger partial charge in [0.15, 0.2) is 0 Å². The van der Waals surface area contributed by atoms with Crippen molar-refractivity contribution < 1.29 is 5.11 Å². The highest BCUT2D eigenvalue weighted by Crippen LogP contribution is 2.56. The fourth-order valence-corrected chi connectivity index (χ4v) is 4.92. The summed E-state index contributed by atoms with van der Waals surface area (Å²) in [5.41, 5.74) is -0.255. The first-order valence-corrected chi connectivity index (χ1v) is 6.94. The van der Waals surface area contributed by atoms with Crippen LogP contribution in [-0.2, 0) is 0 Å². The van der Waals surface area contributed by atoms with Crippen LogP contribution in [0.3, 0.4) is 0 Å². The molecule has 15 heavy (non-hydrogen) atoms. The first-order chi connectivity index (χ1) is 7.22. The Morgan fingerprint density at radius 3 is 2.80 bits per heavy atom. The molecule has 2 bridgehead atoms. The van der Waals surface area contributed by atoms with E-state index >= 15 is 0 Å². The fourth-order valence-electron chi connectivity index (χ4n) is 4.92. The van der Waals surface area contributed by atoms with E-state index in [1.165, 1.54) is 44.9 Å². The molecule has 3 aliphatic rings. The normalized spacial score (nSPS) is 54.8. The first kappa shape index (κ1) is 10.1. The minimum atomic E-state index is -0.255. The molecule has 0 saturated heterocycles. The standard InChI is InChI=1S/C14H24O/c1-10-11-5-4-6-12(9-11)14(15)8-3-2-7-13(10)14/h10-13,15H,2-9H2,1H3/t10-,11+,12+,13-,14-/m1/s1. The van der Waals surface area contributed by atoms with E-state index in [-0.39, 0.29) is 5.60 Å². The van der Waals surface area contributed by atoms with Gasteiger partial charge in [0.05, 0.1) is 5.60 Å². The molecule has 0 spiro atoms. The molecule has 3 fully saturated rings. The molecule has 0 heterocycles.